The number of nitrogens with zero attached hydrogens (tertiary/aromatic N) is 2. The van der Waals surface area contributed by atoms with E-state index in [1.165, 1.54) is 7.11 Å². The lowest BCUT2D eigenvalue weighted by molar-refractivity contribution is -0.140. The normalized spacial score (nSPS) is 10.8. The Balaban J connectivity index is 2.20. The molecule has 90 valence electrons. The molecule has 0 spiro atoms. The minimum Gasteiger partial charge on any atom is -0.469 e. The van der Waals surface area contributed by atoms with E-state index in [1.807, 2.05) is 20.0 Å². The lowest BCUT2D eigenvalue weighted by Crippen LogP contribution is -2.19. The van der Waals surface area contributed by atoms with Crippen molar-refractivity contribution in [3.8, 4) is 0 Å². The molecule has 16 heavy (non-hydrogen) atoms. The van der Waals surface area contributed by atoms with Crippen molar-refractivity contribution in [1.29, 1.82) is 0 Å². The number of carbonyl (C=O) groups is 1. The first-order valence-corrected chi connectivity index (χ1v) is 5.29. The summed E-state index contributed by atoms with van der Waals surface area (Å²) in [5, 5.41) is 3.82. The van der Waals surface area contributed by atoms with E-state index in [0.717, 1.165) is 24.4 Å². The highest BCUT2D eigenvalue weighted by Gasteiger charge is 2.06. The third-order valence-electron chi connectivity index (χ3n) is 2.25. The Bertz CT molecular complexity index is 336. The third-order valence-corrected chi connectivity index (χ3v) is 2.25. The summed E-state index contributed by atoms with van der Waals surface area (Å²) in [6.45, 7) is 3.43. The number of hydrogen-bond acceptors (Lipinski definition) is 5. The molecule has 5 nitrogen and oxygen atoms in total. The Labute approximate surface area is 95.4 Å². The van der Waals surface area contributed by atoms with Gasteiger partial charge in [-0.2, -0.15) is 0 Å². The number of carbonyl (C=O) groups excluding carboxylic acids is 1. The van der Waals surface area contributed by atoms with Crippen molar-refractivity contribution in [2.24, 2.45) is 0 Å². The van der Waals surface area contributed by atoms with Gasteiger partial charge in [0, 0.05) is 12.5 Å². The minimum atomic E-state index is -0.163. The first-order valence-electron chi connectivity index (χ1n) is 5.29. The van der Waals surface area contributed by atoms with E-state index in [9.17, 15) is 4.79 Å². The van der Waals surface area contributed by atoms with E-state index in [1.54, 1.807) is 0 Å². The highest BCUT2D eigenvalue weighted by molar-refractivity contribution is 5.69. The van der Waals surface area contributed by atoms with Crippen molar-refractivity contribution in [3.63, 3.8) is 0 Å². The van der Waals surface area contributed by atoms with Gasteiger partial charge in [0.05, 0.1) is 19.3 Å². The molecule has 0 N–H and O–H groups in total. The maximum Gasteiger partial charge on any atom is 0.305 e. The monoisotopic (exact) mass is 226 g/mol. The number of rotatable bonds is 6. The zero-order valence-corrected chi connectivity index (χ0v) is 10.0. The van der Waals surface area contributed by atoms with Gasteiger partial charge in [0.1, 0.15) is 0 Å². The summed E-state index contributed by atoms with van der Waals surface area (Å²) in [4.78, 5) is 13.0. The molecule has 0 aliphatic heterocycles. The summed E-state index contributed by atoms with van der Waals surface area (Å²) in [6.07, 6.45) is 1.24. The smallest absolute Gasteiger partial charge is 0.305 e. The molecule has 0 aromatic carbocycles. The lowest BCUT2D eigenvalue weighted by atomic mass is 10.3. The van der Waals surface area contributed by atoms with E-state index in [0.29, 0.717) is 13.0 Å². The largest absolute Gasteiger partial charge is 0.469 e. The molecule has 0 atom stereocenters. The van der Waals surface area contributed by atoms with Crippen molar-refractivity contribution in [1.82, 2.24) is 10.1 Å². The highest BCUT2D eigenvalue weighted by atomic mass is 16.5. The average molecular weight is 226 g/mol. The standard InChI is InChI=1S/C11H18N2O3/c1-9-7-10(16-12-9)8-13(2)6-4-5-11(14)15-3/h7H,4-6,8H2,1-3H3. The van der Waals surface area contributed by atoms with Gasteiger partial charge in [-0.15, -0.1) is 0 Å². The topological polar surface area (TPSA) is 55.6 Å². The maximum atomic E-state index is 10.9. The number of methoxy groups -OCH3 is 1. The summed E-state index contributed by atoms with van der Waals surface area (Å²) >= 11 is 0. The van der Waals surface area contributed by atoms with Crippen molar-refractivity contribution in [3.05, 3.63) is 17.5 Å². The van der Waals surface area contributed by atoms with E-state index in [-0.39, 0.29) is 5.97 Å². The number of hydrogen-bond donors (Lipinski definition) is 0. The summed E-state index contributed by atoms with van der Waals surface area (Å²) in [7, 11) is 3.39. The number of ether oxygens (including phenoxy) is 1. The molecule has 0 aliphatic carbocycles. The molecule has 0 radical (unpaired) electrons. The zero-order chi connectivity index (χ0) is 12.0. The van der Waals surface area contributed by atoms with E-state index >= 15 is 0 Å². The number of aryl methyl sites for hydroxylation is 1. The number of aromatic nitrogens is 1. The van der Waals surface area contributed by atoms with Crippen LogP contribution in [-0.2, 0) is 16.1 Å². The first-order chi connectivity index (χ1) is 7.61. The minimum absolute atomic E-state index is 0.163. The molecule has 0 aliphatic rings. The van der Waals surface area contributed by atoms with Crippen LogP contribution >= 0.6 is 0 Å². The van der Waals surface area contributed by atoms with Crippen LogP contribution in [0.3, 0.4) is 0 Å². The summed E-state index contributed by atoms with van der Waals surface area (Å²) in [6, 6.07) is 1.91. The lowest BCUT2D eigenvalue weighted by Gasteiger charge is -2.13. The van der Waals surface area contributed by atoms with Crippen LogP contribution in [0.25, 0.3) is 0 Å². The predicted molar refractivity (Wildman–Crippen MR) is 58.8 cm³/mol. The fraction of sp³-hybridized carbons (Fsp3) is 0.636. The second-order valence-corrected chi connectivity index (χ2v) is 3.85. The van der Waals surface area contributed by atoms with E-state index in [2.05, 4.69) is 14.8 Å². The van der Waals surface area contributed by atoms with Crippen molar-refractivity contribution >= 4 is 5.97 Å². The van der Waals surface area contributed by atoms with Gasteiger partial charge in [-0.05, 0) is 26.9 Å². The fourth-order valence-electron chi connectivity index (χ4n) is 1.43. The molecule has 1 aromatic rings. The molecule has 0 unspecified atom stereocenters. The molecule has 0 saturated heterocycles. The van der Waals surface area contributed by atoms with Crippen molar-refractivity contribution in [2.75, 3.05) is 20.7 Å². The van der Waals surface area contributed by atoms with Gasteiger partial charge in [-0.25, -0.2) is 0 Å². The molecule has 1 aromatic heterocycles. The number of esters is 1. The zero-order valence-electron chi connectivity index (χ0n) is 10.0. The average Bonchev–Trinajstić information content (AvgIpc) is 2.63. The van der Waals surface area contributed by atoms with Crippen LogP contribution in [0.1, 0.15) is 24.3 Å². The van der Waals surface area contributed by atoms with Crippen LogP contribution < -0.4 is 0 Å². The van der Waals surface area contributed by atoms with Crippen molar-refractivity contribution in [2.45, 2.75) is 26.3 Å². The van der Waals surface area contributed by atoms with Crippen LogP contribution in [0.15, 0.2) is 10.6 Å². The van der Waals surface area contributed by atoms with E-state index < -0.39 is 0 Å². The third kappa shape index (κ3) is 4.44. The van der Waals surface area contributed by atoms with E-state index in [4.69, 9.17) is 4.52 Å². The van der Waals surface area contributed by atoms with Crippen LogP contribution in [-0.4, -0.2) is 36.7 Å². The summed E-state index contributed by atoms with van der Waals surface area (Å²) in [5.41, 5.74) is 0.887. The van der Waals surface area contributed by atoms with Gasteiger partial charge < -0.3 is 9.26 Å². The Morgan fingerprint density at radius 3 is 2.94 bits per heavy atom. The molecule has 1 rings (SSSR count). The van der Waals surface area contributed by atoms with Crippen LogP contribution in [0.5, 0.6) is 0 Å². The van der Waals surface area contributed by atoms with Gasteiger partial charge in [0.2, 0.25) is 0 Å². The molecule has 5 heteroatoms. The Morgan fingerprint density at radius 1 is 1.62 bits per heavy atom. The second-order valence-electron chi connectivity index (χ2n) is 3.85. The Hall–Kier alpha value is -1.36. The first kappa shape index (κ1) is 12.7. The highest BCUT2D eigenvalue weighted by Crippen LogP contribution is 2.06. The van der Waals surface area contributed by atoms with Crippen LogP contribution in [0.4, 0.5) is 0 Å². The second kappa shape index (κ2) is 6.27. The summed E-state index contributed by atoms with van der Waals surface area (Å²) in [5.74, 6) is 0.682. The fourth-order valence-corrected chi connectivity index (χ4v) is 1.43. The molecule has 0 amide bonds. The van der Waals surface area contributed by atoms with Gasteiger partial charge in [-0.3, -0.25) is 9.69 Å². The molecule has 0 saturated carbocycles. The molecule has 0 bridgehead atoms. The van der Waals surface area contributed by atoms with Gasteiger partial charge in [0.15, 0.2) is 5.76 Å². The summed E-state index contributed by atoms with van der Waals surface area (Å²) < 4.78 is 9.67. The Morgan fingerprint density at radius 2 is 2.38 bits per heavy atom. The molecule has 1 heterocycles. The molecule has 0 fully saturated rings. The van der Waals surface area contributed by atoms with Gasteiger partial charge in [-0.1, -0.05) is 5.16 Å². The van der Waals surface area contributed by atoms with Crippen LogP contribution in [0.2, 0.25) is 0 Å². The maximum absolute atomic E-state index is 10.9. The van der Waals surface area contributed by atoms with Crippen molar-refractivity contribution < 1.29 is 14.1 Å². The van der Waals surface area contributed by atoms with Gasteiger partial charge in [0.25, 0.3) is 0 Å². The predicted octanol–water partition coefficient (Wildman–Crippen LogP) is 1.37. The quantitative estimate of drug-likeness (QED) is 0.686. The van der Waals surface area contributed by atoms with Gasteiger partial charge >= 0.3 is 5.97 Å². The van der Waals surface area contributed by atoms with Crippen LogP contribution in [0, 0.1) is 6.92 Å². The Kier molecular flexibility index (Phi) is 4.98. The SMILES string of the molecule is COC(=O)CCCN(C)Cc1cc(C)no1. The molecular formula is C11H18N2O3. The molecular weight excluding hydrogens is 208 g/mol.